The molecule has 2 amide bonds. The number of carbonyl (C=O) groups excluding carboxylic acids is 2. The van der Waals surface area contributed by atoms with E-state index in [0.29, 0.717) is 32.5 Å². The van der Waals surface area contributed by atoms with Gasteiger partial charge in [-0.25, -0.2) is 13.8 Å². The summed E-state index contributed by atoms with van der Waals surface area (Å²) in [5.74, 6) is -2.34. The van der Waals surface area contributed by atoms with Crippen LogP contribution in [-0.4, -0.2) is 40.5 Å². The van der Waals surface area contributed by atoms with Gasteiger partial charge in [-0.3, -0.25) is 9.59 Å². The number of carbonyl (C=O) groups is 2. The Labute approximate surface area is 300 Å². The molecule has 1 unspecified atom stereocenters. The number of rotatable bonds is 15. The molecule has 5 rings (SSSR count). The fourth-order valence-corrected chi connectivity index (χ4v) is 6.36. The van der Waals surface area contributed by atoms with Crippen molar-refractivity contribution >= 4 is 51.7 Å². The molecule has 0 bridgehead atoms. The highest BCUT2D eigenvalue weighted by atomic mass is 35.5. The van der Waals surface area contributed by atoms with E-state index in [1.54, 1.807) is 36.4 Å². The molecule has 8 nitrogen and oxygen atoms in total. The highest BCUT2D eigenvalue weighted by Gasteiger charge is 2.23. The molecule has 1 heterocycles. The number of nitrogens with zero attached hydrogens (tertiary/aromatic N) is 3. The highest BCUT2D eigenvalue weighted by Crippen LogP contribution is 2.31. The third-order valence-electron chi connectivity index (χ3n) is 8.48. The average Bonchev–Trinajstić information content (AvgIpc) is 3.44. The van der Waals surface area contributed by atoms with Gasteiger partial charge in [-0.2, -0.15) is 0 Å². The van der Waals surface area contributed by atoms with Gasteiger partial charge in [-0.1, -0.05) is 55.2 Å². The Morgan fingerprint density at radius 1 is 0.880 bits per heavy atom. The number of aromatic nitrogens is 2. The van der Waals surface area contributed by atoms with Crippen LogP contribution in [0.5, 0.6) is 0 Å². The Morgan fingerprint density at radius 3 is 2.22 bits per heavy atom. The van der Waals surface area contributed by atoms with E-state index in [9.17, 15) is 18.4 Å². The van der Waals surface area contributed by atoms with Crippen LogP contribution in [0, 0.1) is 11.6 Å². The molecule has 0 saturated carbocycles. The number of amides is 2. The number of benzene rings is 4. The van der Waals surface area contributed by atoms with Crippen LogP contribution >= 0.6 is 23.2 Å². The van der Waals surface area contributed by atoms with E-state index >= 15 is 0 Å². The molecule has 0 aliphatic heterocycles. The topological polar surface area (TPSA) is 119 Å². The molecule has 4 aromatic carbocycles. The van der Waals surface area contributed by atoms with Crippen molar-refractivity contribution in [2.45, 2.75) is 58.2 Å². The minimum absolute atomic E-state index is 0.174. The molecule has 262 valence electrons. The van der Waals surface area contributed by atoms with Crippen molar-refractivity contribution < 1.29 is 18.4 Å². The maximum Gasteiger partial charge on any atom is 0.237 e. The fraction of sp³-hybridized carbons (Fsp3) is 0.289. The van der Waals surface area contributed by atoms with Gasteiger partial charge in [0.25, 0.3) is 0 Å². The van der Waals surface area contributed by atoms with Gasteiger partial charge in [0, 0.05) is 30.9 Å². The molecule has 0 fully saturated rings. The SMILES string of the molecule is CCCN(CCC)c1ccc(-c2nc3cc(C(CC(N)=O)NC(=O)[C@@H](N)Cc4ccc(Cl)c(Cl)c4)ccc3n2Cc2ccc(F)c(F)c2)cc1. The molecule has 12 heteroatoms. The molecular formula is C38H40Cl2F2N6O2. The van der Waals surface area contributed by atoms with Crippen molar-refractivity contribution in [1.82, 2.24) is 14.9 Å². The maximum atomic E-state index is 14.3. The smallest absolute Gasteiger partial charge is 0.237 e. The minimum Gasteiger partial charge on any atom is -0.372 e. The van der Waals surface area contributed by atoms with Crippen LogP contribution in [-0.2, 0) is 22.6 Å². The number of anilines is 1. The van der Waals surface area contributed by atoms with E-state index in [1.807, 2.05) is 22.8 Å². The summed E-state index contributed by atoms with van der Waals surface area (Å²) >= 11 is 12.2. The predicted octanol–water partition coefficient (Wildman–Crippen LogP) is 7.57. The van der Waals surface area contributed by atoms with Gasteiger partial charge in [-0.05, 0) is 96.6 Å². The number of nitrogens with one attached hydrogen (secondary N) is 1. The van der Waals surface area contributed by atoms with Crippen LogP contribution in [0.15, 0.2) is 78.9 Å². The van der Waals surface area contributed by atoms with Crippen LogP contribution < -0.4 is 21.7 Å². The Bertz CT molecular complexity index is 1980. The third kappa shape index (κ3) is 8.79. The Kier molecular flexibility index (Phi) is 12.1. The van der Waals surface area contributed by atoms with Gasteiger partial charge in [0.15, 0.2) is 11.6 Å². The van der Waals surface area contributed by atoms with Gasteiger partial charge in [0.2, 0.25) is 11.8 Å². The molecule has 5 N–H and O–H groups in total. The number of fused-ring (bicyclic) bond motifs is 1. The molecular weight excluding hydrogens is 681 g/mol. The standard InChI is InChI=1S/C38H40Cl2F2N6O2/c1-3-15-47(16-4-2)27-10-7-25(8-11-27)37-45-34-20-26(9-14-35(34)48(37)22-24-6-13-30(41)31(42)18-24)33(21-36(44)49)46-38(50)32(43)19-23-5-12-28(39)29(40)17-23/h5-14,17-18,20,32-33H,3-4,15-16,19,21-22,43H2,1-2H3,(H2,44,49)(H,46,50)/t32-,33?/m0/s1. The number of hydrogen-bond acceptors (Lipinski definition) is 5. The summed E-state index contributed by atoms with van der Waals surface area (Å²) in [7, 11) is 0. The summed E-state index contributed by atoms with van der Waals surface area (Å²) in [6.45, 7) is 6.39. The summed E-state index contributed by atoms with van der Waals surface area (Å²) in [6, 6.07) is 20.7. The quantitative estimate of drug-likeness (QED) is 0.103. The number of nitrogens with two attached hydrogens (primary N) is 2. The number of hydrogen-bond donors (Lipinski definition) is 3. The summed E-state index contributed by atoms with van der Waals surface area (Å²) < 4.78 is 30.0. The molecule has 0 saturated heterocycles. The van der Waals surface area contributed by atoms with Crippen LogP contribution in [0.25, 0.3) is 22.4 Å². The monoisotopic (exact) mass is 720 g/mol. The fourth-order valence-electron chi connectivity index (χ4n) is 6.04. The van der Waals surface area contributed by atoms with E-state index in [1.165, 1.54) is 6.07 Å². The molecule has 0 aliphatic carbocycles. The summed E-state index contributed by atoms with van der Waals surface area (Å²) in [6.07, 6.45) is 2.06. The predicted molar refractivity (Wildman–Crippen MR) is 196 cm³/mol. The first kappa shape index (κ1) is 36.8. The molecule has 50 heavy (non-hydrogen) atoms. The summed E-state index contributed by atoms with van der Waals surface area (Å²) in [4.78, 5) is 32.7. The second-order valence-corrected chi connectivity index (χ2v) is 13.2. The second kappa shape index (κ2) is 16.5. The van der Waals surface area contributed by atoms with Gasteiger partial charge >= 0.3 is 0 Å². The van der Waals surface area contributed by atoms with E-state index in [0.717, 1.165) is 54.3 Å². The summed E-state index contributed by atoms with van der Waals surface area (Å²) in [5, 5.41) is 3.62. The Hall–Kier alpha value is -4.51. The lowest BCUT2D eigenvalue weighted by Gasteiger charge is -2.24. The van der Waals surface area contributed by atoms with Crippen molar-refractivity contribution in [3.63, 3.8) is 0 Å². The zero-order valence-corrected chi connectivity index (χ0v) is 29.4. The van der Waals surface area contributed by atoms with Gasteiger partial charge in [-0.15, -0.1) is 0 Å². The largest absolute Gasteiger partial charge is 0.372 e. The normalized spacial score (nSPS) is 12.5. The molecule has 5 aromatic rings. The van der Waals surface area contributed by atoms with Crippen molar-refractivity contribution in [1.29, 1.82) is 0 Å². The number of primary amides is 1. The van der Waals surface area contributed by atoms with Crippen LogP contribution in [0.1, 0.15) is 55.8 Å². The van der Waals surface area contributed by atoms with E-state index in [4.69, 9.17) is 39.7 Å². The van der Waals surface area contributed by atoms with Crippen molar-refractivity contribution in [3.05, 3.63) is 117 Å². The number of halogens is 4. The zero-order chi connectivity index (χ0) is 35.9. The minimum atomic E-state index is -0.943. The van der Waals surface area contributed by atoms with E-state index < -0.39 is 35.5 Å². The lowest BCUT2D eigenvalue weighted by Crippen LogP contribution is -2.44. The lowest BCUT2D eigenvalue weighted by molar-refractivity contribution is -0.123. The van der Waals surface area contributed by atoms with E-state index in [-0.39, 0.29) is 19.4 Å². The van der Waals surface area contributed by atoms with Gasteiger partial charge in [0.05, 0.1) is 39.6 Å². The number of imidazole rings is 1. The van der Waals surface area contributed by atoms with Gasteiger partial charge < -0.3 is 26.3 Å². The van der Waals surface area contributed by atoms with E-state index in [2.05, 4.69) is 36.2 Å². The third-order valence-corrected chi connectivity index (χ3v) is 9.21. The van der Waals surface area contributed by atoms with Gasteiger partial charge in [0.1, 0.15) is 5.82 Å². The highest BCUT2D eigenvalue weighted by molar-refractivity contribution is 6.42. The lowest BCUT2D eigenvalue weighted by atomic mass is 10.0. The summed E-state index contributed by atoms with van der Waals surface area (Å²) in [5.41, 5.74) is 17.0. The first-order chi connectivity index (χ1) is 24.0. The second-order valence-electron chi connectivity index (χ2n) is 12.3. The Morgan fingerprint density at radius 2 is 1.58 bits per heavy atom. The van der Waals surface area contributed by atoms with Crippen molar-refractivity contribution in [3.8, 4) is 11.4 Å². The maximum absolute atomic E-state index is 14.3. The first-order valence-electron chi connectivity index (χ1n) is 16.5. The molecule has 1 aromatic heterocycles. The molecule has 0 aliphatic rings. The zero-order valence-electron chi connectivity index (χ0n) is 27.9. The molecule has 2 atom stereocenters. The molecule has 0 radical (unpaired) electrons. The van der Waals surface area contributed by atoms with Crippen LogP contribution in [0.2, 0.25) is 10.0 Å². The van der Waals surface area contributed by atoms with Crippen molar-refractivity contribution in [2.75, 3.05) is 18.0 Å². The van der Waals surface area contributed by atoms with Crippen molar-refractivity contribution in [2.24, 2.45) is 11.5 Å². The van der Waals surface area contributed by atoms with Crippen LogP contribution in [0.3, 0.4) is 0 Å². The first-order valence-corrected chi connectivity index (χ1v) is 17.3. The Balaban J connectivity index is 1.50. The molecule has 0 spiro atoms. The average molecular weight is 722 g/mol. The van der Waals surface area contributed by atoms with Crippen LogP contribution in [0.4, 0.5) is 14.5 Å².